The Morgan fingerprint density at radius 1 is 1.06 bits per heavy atom. The molecule has 0 unspecified atom stereocenters. The molecule has 2 aromatic carbocycles. The summed E-state index contributed by atoms with van der Waals surface area (Å²) >= 11 is 0. The number of anilines is 1. The first-order valence-corrected chi connectivity index (χ1v) is 12.6. The van der Waals surface area contributed by atoms with Crippen molar-refractivity contribution in [2.45, 2.75) is 56.0 Å². The molecule has 6 heteroatoms. The maximum atomic E-state index is 13.0. The average molecular weight is 457 g/mol. The summed E-state index contributed by atoms with van der Waals surface area (Å²) in [4.78, 5) is 35.2. The van der Waals surface area contributed by atoms with Crippen molar-refractivity contribution in [2.24, 2.45) is 4.99 Å². The Morgan fingerprint density at radius 2 is 1.82 bits per heavy atom. The van der Waals surface area contributed by atoms with E-state index in [0.29, 0.717) is 31.6 Å². The number of para-hydroxylation sites is 1. The molecule has 0 aromatic heterocycles. The molecular formula is C28H32N4O2. The molecule has 176 valence electrons. The van der Waals surface area contributed by atoms with Gasteiger partial charge in [0.15, 0.2) is 5.78 Å². The van der Waals surface area contributed by atoms with Gasteiger partial charge in [-0.25, -0.2) is 0 Å². The SMILES string of the molecule is O=C(CC1=N[C@@H]2CCc3ccccc3[C@@H]2C1)CN1CCC2(CC1)C(=O)NCN2c1ccccc1. The van der Waals surface area contributed by atoms with E-state index in [0.717, 1.165) is 56.6 Å². The lowest BCUT2D eigenvalue weighted by molar-refractivity contribution is -0.125. The number of hydrogen-bond acceptors (Lipinski definition) is 5. The van der Waals surface area contributed by atoms with E-state index in [-0.39, 0.29) is 11.7 Å². The molecule has 1 N–H and O–H groups in total. The number of nitrogens with one attached hydrogen (secondary N) is 1. The molecular weight excluding hydrogens is 424 g/mol. The van der Waals surface area contributed by atoms with Crippen molar-refractivity contribution in [1.29, 1.82) is 0 Å². The Balaban J connectivity index is 1.06. The van der Waals surface area contributed by atoms with Crippen LogP contribution in [0.3, 0.4) is 0 Å². The van der Waals surface area contributed by atoms with Gasteiger partial charge in [0.2, 0.25) is 5.91 Å². The van der Waals surface area contributed by atoms with E-state index in [9.17, 15) is 9.59 Å². The third-order valence-electron chi connectivity index (χ3n) is 8.32. The second-order valence-corrected chi connectivity index (χ2v) is 10.3. The van der Waals surface area contributed by atoms with Gasteiger partial charge in [-0.3, -0.25) is 19.5 Å². The first kappa shape index (κ1) is 21.5. The van der Waals surface area contributed by atoms with Gasteiger partial charge in [-0.15, -0.1) is 0 Å². The average Bonchev–Trinajstić information content (AvgIpc) is 3.42. The van der Waals surface area contributed by atoms with Crippen LogP contribution in [0, 0.1) is 0 Å². The summed E-state index contributed by atoms with van der Waals surface area (Å²) in [5, 5.41) is 3.05. The summed E-state index contributed by atoms with van der Waals surface area (Å²) in [5.74, 6) is 0.815. The monoisotopic (exact) mass is 456 g/mol. The fourth-order valence-corrected chi connectivity index (χ4v) is 6.54. The highest BCUT2D eigenvalue weighted by atomic mass is 16.2. The largest absolute Gasteiger partial charge is 0.339 e. The quantitative estimate of drug-likeness (QED) is 0.750. The molecule has 1 aliphatic carbocycles. The number of nitrogens with zero attached hydrogens (tertiary/aromatic N) is 3. The fourth-order valence-electron chi connectivity index (χ4n) is 6.54. The van der Waals surface area contributed by atoms with E-state index in [1.54, 1.807) is 0 Å². The number of rotatable bonds is 5. The van der Waals surface area contributed by atoms with Crippen LogP contribution in [0.2, 0.25) is 0 Å². The number of carbonyl (C=O) groups excluding carboxylic acids is 2. The van der Waals surface area contributed by atoms with Crippen LogP contribution in [0.4, 0.5) is 5.69 Å². The maximum Gasteiger partial charge on any atom is 0.247 e. The Kier molecular flexibility index (Phi) is 5.48. The lowest BCUT2D eigenvalue weighted by atomic mass is 9.79. The van der Waals surface area contributed by atoms with Crippen LogP contribution in [-0.2, 0) is 16.0 Å². The van der Waals surface area contributed by atoms with Crippen LogP contribution >= 0.6 is 0 Å². The summed E-state index contributed by atoms with van der Waals surface area (Å²) in [5.41, 5.74) is 4.54. The van der Waals surface area contributed by atoms with Gasteiger partial charge < -0.3 is 10.2 Å². The van der Waals surface area contributed by atoms with Crippen molar-refractivity contribution < 1.29 is 9.59 Å². The molecule has 2 saturated heterocycles. The van der Waals surface area contributed by atoms with Crippen molar-refractivity contribution in [3.05, 3.63) is 65.7 Å². The smallest absolute Gasteiger partial charge is 0.247 e. The minimum atomic E-state index is -0.500. The van der Waals surface area contributed by atoms with Crippen LogP contribution in [0.5, 0.6) is 0 Å². The highest BCUT2D eigenvalue weighted by Gasteiger charge is 2.50. The lowest BCUT2D eigenvalue weighted by Crippen LogP contribution is -2.56. The highest BCUT2D eigenvalue weighted by Crippen LogP contribution is 2.41. The van der Waals surface area contributed by atoms with Crippen molar-refractivity contribution in [2.75, 3.05) is 31.2 Å². The number of amides is 1. The zero-order valence-corrected chi connectivity index (χ0v) is 19.6. The Bertz CT molecular complexity index is 1120. The van der Waals surface area contributed by atoms with Crippen LogP contribution in [0.15, 0.2) is 59.6 Å². The minimum Gasteiger partial charge on any atom is -0.339 e. The number of fused-ring (bicyclic) bond motifs is 3. The predicted octanol–water partition coefficient (Wildman–Crippen LogP) is 3.32. The minimum absolute atomic E-state index is 0.116. The molecule has 6 rings (SSSR count). The summed E-state index contributed by atoms with van der Waals surface area (Å²) in [6, 6.07) is 19.2. The van der Waals surface area contributed by atoms with Gasteiger partial charge >= 0.3 is 0 Å². The second kappa shape index (κ2) is 8.66. The van der Waals surface area contributed by atoms with E-state index in [2.05, 4.69) is 51.5 Å². The van der Waals surface area contributed by atoms with E-state index in [1.165, 1.54) is 11.1 Å². The molecule has 4 aliphatic rings. The molecule has 2 aromatic rings. The zero-order chi connectivity index (χ0) is 23.1. The third-order valence-corrected chi connectivity index (χ3v) is 8.32. The summed E-state index contributed by atoms with van der Waals surface area (Å²) in [6.07, 6.45) is 5.04. The number of piperidine rings is 1. The number of ketones is 1. The summed E-state index contributed by atoms with van der Waals surface area (Å²) in [6.45, 7) is 2.52. The first-order chi connectivity index (χ1) is 16.6. The van der Waals surface area contributed by atoms with Gasteiger partial charge in [-0.05, 0) is 55.4 Å². The highest BCUT2D eigenvalue weighted by molar-refractivity contribution is 6.04. The number of likely N-dealkylation sites (tertiary alicyclic amines) is 1. The maximum absolute atomic E-state index is 13.0. The standard InChI is InChI=1S/C28H32N4O2/c33-23(16-21-17-25-24-9-5-4-6-20(24)10-11-26(25)30-21)18-31-14-12-28(13-15-31)27(34)29-19-32(28)22-7-2-1-3-8-22/h1-9,25-26H,10-19H2,(H,29,34)/t25-,26+/m0/s1. The van der Waals surface area contributed by atoms with Crippen LogP contribution < -0.4 is 10.2 Å². The third kappa shape index (κ3) is 3.74. The van der Waals surface area contributed by atoms with Gasteiger partial charge in [0.25, 0.3) is 0 Å². The zero-order valence-electron chi connectivity index (χ0n) is 19.6. The van der Waals surface area contributed by atoms with Gasteiger partial charge in [-0.2, -0.15) is 0 Å². The number of aliphatic imine (C=N–C) groups is 1. The van der Waals surface area contributed by atoms with Crippen molar-refractivity contribution in [3.8, 4) is 0 Å². The molecule has 2 fully saturated rings. The van der Waals surface area contributed by atoms with Gasteiger partial charge in [0.1, 0.15) is 5.54 Å². The molecule has 34 heavy (non-hydrogen) atoms. The normalized spacial score (nSPS) is 25.6. The number of benzene rings is 2. The molecule has 0 radical (unpaired) electrons. The fraction of sp³-hybridized carbons (Fsp3) is 0.464. The van der Waals surface area contributed by atoms with E-state index >= 15 is 0 Å². The molecule has 1 amide bonds. The first-order valence-electron chi connectivity index (χ1n) is 12.6. The van der Waals surface area contributed by atoms with Gasteiger partial charge in [0.05, 0.1) is 19.3 Å². The second-order valence-electron chi connectivity index (χ2n) is 10.3. The Hall–Kier alpha value is -2.99. The molecule has 2 atom stereocenters. The van der Waals surface area contributed by atoms with Crippen LogP contribution in [0.1, 0.15) is 49.1 Å². The number of Topliss-reactive ketones (excluding diaryl/α,β-unsaturated/α-hetero) is 1. The number of aryl methyl sites for hydroxylation is 1. The van der Waals surface area contributed by atoms with Gasteiger partial charge in [-0.1, -0.05) is 42.5 Å². The molecule has 0 saturated carbocycles. The molecule has 1 spiro atoms. The van der Waals surface area contributed by atoms with Crippen LogP contribution in [-0.4, -0.2) is 60.2 Å². The number of carbonyl (C=O) groups is 2. The molecule has 6 nitrogen and oxygen atoms in total. The topological polar surface area (TPSA) is 65.0 Å². The molecule has 3 aliphatic heterocycles. The summed E-state index contributed by atoms with van der Waals surface area (Å²) in [7, 11) is 0. The molecule has 3 heterocycles. The van der Waals surface area contributed by atoms with Crippen molar-refractivity contribution >= 4 is 23.1 Å². The lowest BCUT2D eigenvalue weighted by Gasteiger charge is -2.43. The number of hydrogen-bond donors (Lipinski definition) is 1. The Morgan fingerprint density at radius 3 is 2.65 bits per heavy atom. The van der Waals surface area contributed by atoms with Crippen molar-refractivity contribution in [1.82, 2.24) is 10.2 Å². The van der Waals surface area contributed by atoms with Gasteiger partial charge in [0, 0.05) is 36.8 Å². The summed E-state index contributed by atoms with van der Waals surface area (Å²) < 4.78 is 0. The Labute approximate surface area is 201 Å². The predicted molar refractivity (Wildman–Crippen MR) is 133 cm³/mol. The van der Waals surface area contributed by atoms with Crippen LogP contribution in [0.25, 0.3) is 0 Å². The van der Waals surface area contributed by atoms with E-state index in [1.807, 2.05) is 18.2 Å². The van der Waals surface area contributed by atoms with E-state index in [4.69, 9.17) is 4.99 Å². The molecule has 0 bridgehead atoms. The van der Waals surface area contributed by atoms with E-state index < -0.39 is 5.54 Å². The van der Waals surface area contributed by atoms with Crippen molar-refractivity contribution in [3.63, 3.8) is 0 Å².